The Morgan fingerprint density at radius 2 is 2.15 bits per heavy atom. The first-order valence-corrected chi connectivity index (χ1v) is 4.54. The maximum Gasteiger partial charge on any atom is 0.240 e. The molecule has 1 rings (SSSR count). The van der Waals surface area contributed by atoms with Gasteiger partial charge in [-0.3, -0.25) is 0 Å². The number of hydrogen-bond acceptors (Lipinski definition) is 2. The van der Waals surface area contributed by atoms with Crippen LogP contribution in [0.25, 0.3) is 0 Å². The van der Waals surface area contributed by atoms with Gasteiger partial charge in [-0.2, -0.15) is 4.99 Å². The number of para-hydroxylation sites is 1. The predicted octanol–water partition coefficient (Wildman–Crippen LogP) is 3.00. The van der Waals surface area contributed by atoms with Gasteiger partial charge in [0, 0.05) is 0 Å². The molecule has 1 aromatic carbocycles. The third kappa shape index (κ3) is 2.85. The van der Waals surface area contributed by atoms with Crippen molar-refractivity contribution in [3.8, 4) is 0 Å². The summed E-state index contributed by atoms with van der Waals surface area (Å²) in [4.78, 5) is 13.8. The Bertz CT molecular complexity index is 314. The third-order valence-electron chi connectivity index (χ3n) is 1.96. The standard InChI is InChI=1S/C11H13NO/c1-2-3-6-10-7-4-5-8-11(10)12-9-13/h4-5,7-8H,2-3,6H2,1H3. The number of hydrogen-bond donors (Lipinski definition) is 0. The van der Waals surface area contributed by atoms with Crippen LogP contribution in [0.1, 0.15) is 25.3 Å². The van der Waals surface area contributed by atoms with Gasteiger partial charge in [-0.25, -0.2) is 4.79 Å². The van der Waals surface area contributed by atoms with Gasteiger partial charge in [0.25, 0.3) is 0 Å². The van der Waals surface area contributed by atoms with Gasteiger partial charge in [0.05, 0.1) is 5.69 Å². The Hall–Kier alpha value is -1.40. The Labute approximate surface area is 78.3 Å². The highest BCUT2D eigenvalue weighted by molar-refractivity contribution is 5.53. The van der Waals surface area contributed by atoms with Gasteiger partial charge in [0.2, 0.25) is 6.08 Å². The molecule has 0 amide bonds. The maximum atomic E-state index is 10.1. The summed E-state index contributed by atoms with van der Waals surface area (Å²) in [5, 5.41) is 0. The van der Waals surface area contributed by atoms with E-state index in [1.165, 1.54) is 0 Å². The zero-order valence-electron chi connectivity index (χ0n) is 7.79. The number of benzene rings is 1. The minimum absolute atomic E-state index is 0.756. The summed E-state index contributed by atoms with van der Waals surface area (Å²) in [5.74, 6) is 0. The molecular formula is C11H13NO. The van der Waals surface area contributed by atoms with Crippen LogP contribution in [0, 0.1) is 0 Å². The van der Waals surface area contributed by atoms with Crippen LogP contribution in [0.4, 0.5) is 5.69 Å². The molecule has 0 N–H and O–H groups in total. The van der Waals surface area contributed by atoms with Crippen molar-refractivity contribution in [1.82, 2.24) is 0 Å². The molecule has 0 radical (unpaired) electrons. The monoisotopic (exact) mass is 175 g/mol. The lowest BCUT2D eigenvalue weighted by Crippen LogP contribution is -1.84. The predicted molar refractivity (Wildman–Crippen MR) is 52.8 cm³/mol. The highest BCUT2D eigenvalue weighted by Crippen LogP contribution is 2.19. The number of carbonyl (C=O) groups excluding carboxylic acids is 1. The molecule has 68 valence electrons. The van der Waals surface area contributed by atoms with E-state index < -0.39 is 0 Å². The van der Waals surface area contributed by atoms with E-state index >= 15 is 0 Å². The summed E-state index contributed by atoms with van der Waals surface area (Å²) < 4.78 is 0. The molecule has 1 aromatic rings. The van der Waals surface area contributed by atoms with Crippen LogP contribution in [-0.2, 0) is 11.2 Å². The molecule has 2 nitrogen and oxygen atoms in total. The average Bonchev–Trinajstić information content (AvgIpc) is 2.17. The largest absolute Gasteiger partial charge is 0.240 e. The Morgan fingerprint density at radius 1 is 1.38 bits per heavy atom. The number of nitrogens with zero attached hydrogens (tertiary/aromatic N) is 1. The van der Waals surface area contributed by atoms with Crippen molar-refractivity contribution in [1.29, 1.82) is 0 Å². The van der Waals surface area contributed by atoms with Crippen LogP contribution in [0.15, 0.2) is 29.3 Å². The first kappa shape index (κ1) is 9.69. The molecule has 0 heterocycles. The molecule has 0 saturated carbocycles. The quantitative estimate of drug-likeness (QED) is 0.511. The lowest BCUT2D eigenvalue weighted by molar-refractivity contribution is 0.565. The molecule has 0 aliphatic carbocycles. The normalized spacial score (nSPS) is 9.31. The van der Waals surface area contributed by atoms with Crippen LogP contribution in [0.5, 0.6) is 0 Å². The van der Waals surface area contributed by atoms with Crippen LogP contribution >= 0.6 is 0 Å². The molecule has 0 atom stereocenters. The number of rotatable bonds is 4. The molecule has 13 heavy (non-hydrogen) atoms. The van der Waals surface area contributed by atoms with Gasteiger partial charge in [-0.05, 0) is 24.5 Å². The minimum atomic E-state index is 0.756. The summed E-state index contributed by atoms with van der Waals surface area (Å²) in [7, 11) is 0. The van der Waals surface area contributed by atoms with Crippen molar-refractivity contribution in [2.75, 3.05) is 0 Å². The zero-order valence-corrected chi connectivity index (χ0v) is 7.79. The first-order valence-electron chi connectivity index (χ1n) is 4.54. The molecule has 0 aliphatic rings. The minimum Gasteiger partial charge on any atom is -0.211 e. The summed E-state index contributed by atoms with van der Waals surface area (Å²) in [5.41, 5.74) is 1.89. The van der Waals surface area contributed by atoms with Crippen molar-refractivity contribution in [3.63, 3.8) is 0 Å². The number of unbranched alkanes of at least 4 members (excludes halogenated alkanes) is 1. The summed E-state index contributed by atoms with van der Waals surface area (Å²) in [6, 6.07) is 7.70. The van der Waals surface area contributed by atoms with E-state index in [9.17, 15) is 4.79 Å². The van der Waals surface area contributed by atoms with Gasteiger partial charge in [-0.15, -0.1) is 0 Å². The fourth-order valence-corrected chi connectivity index (χ4v) is 1.25. The lowest BCUT2D eigenvalue weighted by Gasteiger charge is -2.01. The fourth-order valence-electron chi connectivity index (χ4n) is 1.25. The highest BCUT2D eigenvalue weighted by atomic mass is 16.1. The van der Waals surface area contributed by atoms with Gasteiger partial charge >= 0.3 is 0 Å². The maximum absolute atomic E-state index is 10.1. The number of isocyanates is 1. The van der Waals surface area contributed by atoms with Gasteiger partial charge in [0.1, 0.15) is 0 Å². The van der Waals surface area contributed by atoms with Gasteiger partial charge in [-0.1, -0.05) is 31.5 Å². The Morgan fingerprint density at radius 3 is 2.85 bits per heavy atom. The zero-order chi connectivity index (χ0) is 9.52. The van der Waals surface area contributed by atoms with Crippen molar-refractivity contribution in [3.05, 3.63) is 29.8 Å². The van der Waals surface area contributed by atoms with Crippen LogP contribution < -0.4 is 0 Å². The SMILES string of the molecule is CCCCc1ccccc1N=C=O. The van der Waals surface area contributed by atoms with Crippen molar-refractivity contribution < 1.29 is 4.79 Å². The summed E-state index contributed by atoms with van der Waals surface area (Å²) in [6.07, 6.45) is 4.84. The van der Waals surface area contributed by atoms with Crippen LogP contribution in [0.3, 0.4) is 0 Å². The van der Waals surface area contributed by atoms with E-state index in [2.05, 4.69) is 11.9 Å². The fraction of sp³-hybridized carbons (Fsp3) is 0.364. The highest BCUT2D eigenvalue weighted by Gasteiger charge is 1.98. The number of aryl methyl sites for hydroxylation is 1. The van der Waals surface area contributed by atoms with Crippen LogP contribution in [-0.4, -0.2) is 6.08 Å². The molecule has 0 saturated heterocycles. The lowest BCUT2D eigenvalue weighted by atomic mass is 10.1. The molecule has 0 bridgehead atoms. The smallest absolute Gasteiger partial charge is 0.211 e. The summed E-state index contributed by atoms with van der Waals surface area (Å²) in [6.45, 7) is 2.14. The number of aliphatic imine (C=N–C) groups is 1. The third-order valence-corrected chi connectivity index (χ3v) is 1.96. The molecule has 0 aromatic heterocycles. The van der Waals surface area contributed by atoms with E-state index in [4.69, 9.17) is 0 Å². The van der Waals surface area contributed by atoms with Crippen molar-refractivity contribution in [2.24, 2.45) is 4.99 Å². The van der Waals surface area contributed by atoms with E-state index in [-0.39, 0.29) is 0 Å². The first-order chi connectivity index (χ1) is 6.38. The molecule has 2 heteroatoms. The topological polar surface area (TPSA) is 29.4 Å². The van der Waals surface area contributed by atoms with Gasteiger partial charge in [0.15, 0.2) is 0 Å². The van der Waals surface area contributed by atoms with Crippen molar-refractivity contribution in [2.45, 2.75) is 26.2 Å². The molecular weight excluding hydrogens is 162 g/mol. The average molecular weight is 175 g/mol. The van der Waals surface area contributed by atoms with Gasteiger partial charge < -0.3 is 0 Å². The molecule has 0 spiro atoms. The Balaban J connectivity index is 2.84. The van der Waals surface area contributed by atoms with E-state index in [0.717, 1.165) is 30.5 Å². The second-order valence-corrected chi connectivity index (χ2v) is 2.94. The van der Waals surface area contributed by atoms with Crippen molar-refractivity contribution >= 4 is 11.8 Å². The Kier molecular flexibility index (Phi) is 3.94. The summed E-state index contributed by atoms with van der Waals surface area (Å²) >= 11 is 0. The second-order valence-electron chi connectivity index (χ2n) is 2.94. The molecule has 0 aliphatic heterocycles. The van der Waals surface area contributed by atoms with Crippen LogP contribution in [0.2, 0.25) is 0 Å². The van der Waals surface area contributed by atoms with E-state index in [0.29, 0.717) is 0 Å². The molecule has 0 fully saturated rings. The second kappa shape index (κ2) is 5.28. The molecule has 0 unspecified atom stereocenters. The van der Waals surface area contributed by atoms with E-state index in [1.807, 2.05) is 24.3 Å². The van der Waals surface area contributed by atoms with E-state index in [1.54, 1.807) is 6.08 Å².